The molecule has 0 aliphatic carbocycles. The minimum Gasteiger partial charge on any atom is -0.494 e. The van der Waals surface area contributed by atoms with Crippen LogP contribution in [0, 0.1) is 6.92 Å². The summed E-state index contributed by atoms with van der Waals surface area (Å²) in [4.78, 5) is 14.3. The van der Waals surface area contributed by atoms with Crippen LogP contribution >= 0.6 is 12.2 Å². The molecule has 8 heteroatoms. The zero-order chi connectivity index (χ0) is 24.9. The van der Waals surface area contributed by atoms with E-state index in [0.29, 0.717) is 23.8 Å². The maximum atomic E-state index is 12.7. The topological polar surface area (TPSA) is 81.1 Å². The average Bonchev–Trinajstić information content (AvgIpc) is 3.25. The van der Waals surface area contributed by atoms with Crippen LogP contribution in [0.15, 0.2) is 60.7 Å². The third-order valence-corrected chi connectivity index (χ3v) is 5.77. The van der Waals surface area contributed by atoms with Gasteiger partial charge in [-0.05, 0) is 85.1 Å². The Labute approximate surface area is 210 Å². The molecule has 35 heavy (non-hydrogen) atoms. The van der Waals surface area contributed by atoms with Gasteiger partial charge in [-0.15, -0.1) is 10.2 Å². The van der Waals surface area contributed by atoms with Crippen molar-refractivity contribution in [3.63, 3.8) is 0 Å². The first-order valence-corrected chi connectivity index (χ1v) is 12.1. The highest BCUT2D eigenvalue weighted by Crippen LogP contribution is 2.23. The molecule has 1 aromatic heterocycles. The van der Waals surface area contributed by atoms with Crippen molar-refractivity contribution in [2.24, 2.45) is 0 Å². The summed E-state index contributed by atoms with van der Waals surface area (Å²) >= 11 is 5.40. The predicted octanol–water partition coefficient (Wildman–Crippen LogP) is 5.77. The summed E-state index contributed by atoms with van der Waals surface area (Å²) in [5, 5.41) is 15.3. The van der Waals surface area contributed by atoms with Crippen LogP contribution in [0.2, 0.25) is 0 Å². The van der Waals surface area contributed by atoms with Gasteiger partial charge in [0.1, 0.15) is 16.8 Å². The summed E-state index contributed by atoms with van der Waals surface area (Å²) < 4.78 is 5.61. The Hall–Kier alpha value is -3.78. The van der Waals surface area contributed by atoms with E-state index in [0.717, 1.165) is 34.4 Å². The lowest BCUT2D eigenvalue weighted by molar-refractivity contribution is 0.0977. The second kappa shape index (κ2) is 10.7. The lowest BCUT2D eigenvalue weighted by atomic mass is 10.0. The third kappa shape index (κ3) is 5.84. The van der Waals surface area contributed by atoms with Crippen molar-refractivity contribution in [3.05, 3.63) is 77.4 Å². The lowest BCUT2D eigenvalue weighted by Gasteiger charge is -2.12. The van der Waals surface area contributed by atoms with E-state index in [2.05, 4.69) is 46.8 Å². The number of aryl methyl sites for hydroxylation is 1. The predicted molar refractivity (Wildman–Crippen MR) is 144 cm³/mol. The second-order valence-electron chi connectivity index (χ2n) is 8.68. The maximum Gasteiger partial charge on any atom is 0.257 e. The Kier molecular flexibility index (Phi) is 7.41. The number of amides is 1. The minimum absolute atomic E-state index is 0.203. The number of carbonyl (C=O) groups is 1. The standard InChI is InChI=1S/C27H29N5O2S/c1-5-13-34-22-8-6-7-20(15-22)26(33)29-27(35)28-23-16-25-24(14-18(23)4)30-32(31-25)21-11-9-19(10-12-21)17(2)3/h6-12,14-17H,5,13H2,1-4H3,(H2,28,29,33,35). The van der Waals surface area contributed by atoms with Gasteiger partial charge in [-0.3, -0.25) is 10.1 Å². The number of thiocarbonyl (C=S) groups is 1. The summed E-state index contributed by atoms with van der Waals surface area (Å²) in [6.45, 7) is 8.92. The van der Waals surface area contributed by atoms with Crippen molar-refractivity contribution in [2.45, 2.75) is 40.0 Å². The smallest absolute Gasteiger partial charge is 0.257 e. The van der Waals surface area contributed by atoms with Crippen molar-refractivity contribution < 1.29 is 9.53 Å². The van der Waals surface area contributed by atoms with Gasteiger partial charge in [0, 0.05) is 11.3 Å². The first-order valence-electron chi connectivity index (χ1n) is 11.7. The number of aromatic nitrogens is 3. The second-order valence-corrected chi connectivity index (χ2v) is 9.08. The van der Waals surface area contributed by atoms with Crippen molar-refractivity contribution >= 4 is 40.0 Å². The molecule has 3 aromatic carbocycles. The molecule has 0 bridgehead atoms. The molecular formula is C27H29N5O2S. The Morgan fingerprint density at radius 2 is 1.77 bits per heavy atom. The molecule has 0 saturated heterocycles. The first kappa shape index (κ1) is 24.3. The van der Waals surface area contributed by atoms with Crippen LogP contribution in [-0.4, -0.2) is 32.6 Å². The first-order chi connectivity index (χ1) is 16.8. The van der Waals surface area contributed by atoms with E-state index in [9.17, 15) is 4.79 Å². The van der Waals surface area contributed by atoms with Crippen molar-refractivity contribution in [1.82, 2.24) is 20.3 Å². The van der Waals surface area contributed by atoms with Crippen molar-refractivity contribution in [3.8, 4) is 11.4 Å². The van der Waals surface area contributed by atoms with Gasteiger partial charge in [0.05, 0.1) is 12.3 Å². The molecule has 0 unspecified atom stereocenters. The highest BCUT2D eigenvalue weighted by Gasteiger charge is 2.13. The highest BCUT2D eigenvalue weighted by molar-refractivity contribution is 7.80. The van der Waals surface area contributed by atoms with E-state index in [1.54, 1.807) is 23.0 Å². The molecule has 1 heterocycles. The van der Waals surface area contributed by atoms with Crippen molar-refractivity contribution in [1.29, 1.82) is 0 Å². The molecule has 0 fully saturated rings. The van der Waals surface area contributed by atoms with E-state index in [1.807, 2.05) is 44.2 Å². The molecule has 0 aliphatic heterocycles. The summed E-state index contributed by atoms with van der Waals surface area (Å²) in [6.07, 6.45) is 0.895. The van der Waals surface area contributed by atoms with Crippen LogP contribution in [0.3, 0.4) is 0 Å². The van der Waals surface area contributed by atoms with E-state index >= 15 is 0 Å². The Bertz CT molecular complexity index is 1360. The minimum atomic E-state index is -0.307. The van der Waals surface area contributed by atoms with E-state index < -0.39 is 0 Å². The SMILES string of the molecule is CCCOc1cccc(C(=O)NC(=S)Nc2cc3nn(-c4ccc(C(C)C)cc4)nc3cc2C)c1. The zero-order valence-electron chi connectivity index (χ0n) is 20.3. The fourth-order valence-electron chi connectivity index (χ4n) is 3.59. The van der Waals surface area contributed by atoms with Crippen LogP contribution in [0.1, 0.15) is 54.6 Å². The number of ether oxygens (including phenoxy) is 1. The third-order valence-electron chi connectivity index (χ3n) is 5.56. The molecular weight excluding hydrogens is 458 g/mol. The zero-order valence-corrected chi connectivity index (χ0v) is 21.1. The number of benzene rings is 3. The quantitative estimate of drug-likeness (QED) is 0.322. The molecule has 0 saturated carbocycles. The summed E-state index contributed by atoms with van der Waals surface area (Å²) in [7, 11) is 0. The van der Waals surface area contributed by atoms with E-state index in [1.165, 1.54) is 5.56 Å². The van der Waals surface area contributed by atoms with Crippen LogP contribution in [0.4, 0.5) is 5.69 Å². The molecule has 0 aliphatic rings. The number of carbonyl (C=O) groups excluding carboxylic acids is 1. The summed E-state index contributed by atoms with van der Waals surface area (Å²) in [5.41, 5.74) is 5.83. The molecule has 7 nitrogen and oxygen atoms in total. The molecule has 2 N–H and O–H groups in total. The van der Waals surface area contributed by atoms with Crippen LogP contribution in [0.25, 0.3) is 16.7 Å². The lowest BCUT2D eigenvalue weighted by Crippen LogP contribution is -2.34. The molecule has 180 valence electrons. The normalized spacial score (nSPS) is 11.0. The van der Waals surface area contributed by atoms with Crippen LogP contribution < -0.4 is 15.4 Å². The number of rotatable bonds is 7. The van der Waals surface area contributed by atoms with Gasteiger partial charge in [0.25, 0.3) is 5.91 Å². The Morgan fingerprint density at radius 1 is 1.06 bits per heavy atom. The van der Waals surface area contributed by atoms with Crippen LogP contribution in [0.5, 0.6) is 5.75 Å². The van der Waals surface area contributed by atoms with Crippen LogP contribution in [-0.2, 0) is 0 Å². The fourth-order valence-corrected chi connectivity index (χ4v) is 3.79. The molecule has 1 amide bonds. The number of fused-ring (bicyclic) bond motifs is 1. The van der Waals surface area contributed by atoms with Gasteiger partial charge in [-0.2, -0.15) is 4.80 Å². The Balaban J connectivity index is 1.47. The summed E-state index contributed by atoms with van der Waals surface area (Å²) in [5.74, 6) is 0.813. The van der Waals surface area contributed by atoms with Gasteiger partial charge in [0.2, 0.25) is 0 Å². The van der Waals surface area contributed by atoms with Gasteiger partial charge in [0.15, 0.2) is 5.11 Å². The van der Waals surface area contributed by atoms with Gasteiger partial charge >= 0.3 is 0 Å². The highest BCUT2D eigenvalue weighted by atomic mass is 32.1. The van der Waals surface area contributed by atoms with E-state index in [4.69, 9.17) is 17.0 Å². The number of hydrogen-bond acceptors (Lipinski definition) is 5. The number of anilines is 1. The summed E-state index contributed by atoms with van der Waals surface area (Å²) in [6, 6.07) is 19.1. The van der Waals surface area contributed by atoms with Gasteiger partial charge in [-0.1, -0.05) is 39.0 Å². The molecule has 0 radical (unpaired) electrons. The van der Waals surface area contributed by atoms with Crippen molar-refractivity contribution in [2.75, 3.05) is 11.9 Å². The average molecular weight is 488 g/mol. The van der Waals surface area contributed by atoms with E-state index in [-0.39, 0.29) is 11.0 Å². The largest absolute Gasteiger partial charge is 0.494 e. The molecule has 0 atom stereocenters. The number of hydrogen-bond donors (Lipinski definition) is 2. The fraction of sp³-hybridized carbons (Fsp3) is 0.259. The number of nitrogens with zero attached hydrogens (tertiary/aromatic N) is 3. The molecule has 4 rings (SSSR count). The number of nitrogens with one attached hydrogen (secondary N) is 2. The maximum absolute atomic E-state index is 12.7. The Morgan fingerprint density at radius 3 is 2.46 bits per heavy atom. The molecule has 0 spiro atoms. The molecule has 4 aromatic rings. The van der Waals surface area contributed by atoms with Gasteiger partial charge < -0.3 is 10.1 Å². The monoisotopic (exact) mass is 487 g/mol. The van der Waals surface area contributed by atoms with Gasteiger partial charge in [-0.25, -0.2) is 0 Å².